The molecular formula is C18H22N3O2+. The van der Waals surface area contributed by atoms with E-state index in [9.17, 15) is 9.59 Å². The molecule has 2 rings (SSSR count). The highest BCUT2D eigenvalue weighted by atomic mass is 16.2. The summed E-state index contributed by atoms with van der Waals surface area (Å²) >= 11 is 0. The normalized spacial score (nSPS) is 11.7. The SMILES string of the molecule is NC(=O)NC(=O)[C@H]([NH2+]CCCc1ccccc1)c1ccccc1. The molecule has 2 aromatic carbocycles. The zero-order chi connectivity index (χ0) is 16.5. The third kappa shape index (κ3) is 5.56. The van der Waals surface area contributed by atoms with Crippen LogP contribution in [0.5, 0.6) is 0 Å². The van der Waals surface area contributed by atoms with Crippen LogP contribution in [0, 0.1) is 0 Å². The summed E-state index contributed by atoms with van der Waals surface area (Å²) in [5.41, 5.74) is 7.18. The van der Waals surface area contributed by atoms with Crippen LogP contribution in [0.25, 0.3) is 0 Å². The lowest BCUT2D eigenvalue weighted by Gasteiger charge is -2.14. The maximum Gasteiger partial charge on any atom is 0.319 e. The van der Waals surface area contributed by atoms with Gasteiger partial charge in [-0.2, -0.15) is 0 Å². The minimum atomic E-state index is -0.825. The van der Waals surface area contributed by atoms with Gasteiger partial charge >= 0.3 is 6.03 Å². The highest BCUT2D eigenvalue weighted by molar-refractivity contribution is 5.96. The lowest BCUT2D eigenvalue weighted by atomic mass is 10.1. The Balaban J connectivity index is 1.92. The predicted molar refractivity (Wildman–Crippen MR) is 88.5 cm³/mol. The quantitative estimate of drug-likeness (QED) is 0.669. The lowest BCUT2D eigenvalue weighted by molar-refractivity contribution is -0.683. The molecule has 0 aliphatic carbocycles. The van der Waals surface area contributed by atoms with E-state index in [1.807, 2.05) is 53.8 Å². The van der Waals surface area contributed by atoms with Crippen molar-refractivity contribution in [1.82, 2.24) is 5.32 Å². The topological polar surface area (TPSA) is 88.8 Å². The molecule has 0 aliphatic rings. The standard InChI is InChI=1S/C18H21N3O2/c19-18(23)21-17(22)16(15-11-5-2-6-12-15)20-13-7-10-14-8-3-1-4-9-14/h1-6,8-9,11-12,16,20H,7,10,13H2,(H3,19,21,22,23)/p+1/t16-/m1/s1. The Labute approximate surface area is 135 Å². The Morgan fingerprint density at radius 3 is 2.22 bits per heavy atom. The number of rotatable bonds is 7. The molecule has 0 saturated heterocycles. The molecule has 0 fully saturated rings. The molecule has 0 radical (unpaired) electrons. The van der Waals surface area contributed by atoms with E-state index in [2.05, 4.69) is 17.4 Å². The molecule has 5 N–H and O–H groups in total. The first-order chi connectivity index (χ1) is 11.2. The van der Waals surface area contributed by atoms with Crippen LogP contribution in [-0.2, 0) is 11.2 Å². The molecule has 2 aromatic rings. The Hall–Kier alpha value is -2.66. The number of carbonyl (C=O) groups is 2. The van der Waals surface area contributed by atoms with Gasteiger partial charge in [-0.25, -0.2) is 4.79 Å². The number of nitrogens with two attached hydrogens (primary N) is 2. The largest absolute Gasteiger partial charge is 0.351 e. The van der Waals surface area contributed by atoms with Crippen LogP contribution < -0.4 is 16.4 Å². The van der Waals surface area contributed by atoms with Crippen molar-refractivity contribution in [2.75, 3.05) is 6.54 Å². The predicted octanol–water partition coefficient (Wildman–Crippen LogP) is 1.12. The first kappa shape index (κ1) is 16.7. The summed E-state index contributed by atoms with van der Waals surface area (Å²) in [6, 6.07) is 18.3. The highest BCUT2D eigenvalue weighted by Gasteiger charge is 2.24. The van der Waals surface area contributed by atoms with Crippen molar-refractivity contribution in [3.05, 3.63) is 71.8 Å². The fraction of sp³-hybridized carbons (Fsp3) is 0.222. The van der Waals surface area contributed by atoms with E-state index in [-0.39, 0.29) is 5.91 Å². The number of hydrogen-bond donors (Lipinski definition) is 3. The number of primary amides is 1. The Morgan fingerprint density at radius 2 is 1.61 bits per heavy atom. The second-order valence-electron chi connectivity index (χ2n) is 5.36. The third-order valence-electron chi connectivity index (χ3n) is 3.60. The van der Waals surface area contributed by atoms with E-state index in [0.717, 1.165) is 24.9 Å². The van der Waals surface area contributed by atoms with Crippen LogP contribution in [0.4, 0.5) is 4.79 Å². The second-order valence-corrected chi connectivity index (χ2v) is 5.36. The lowest BCUT2D eigenvalue weighted by Crippen LogP contribution is -2.87. The Kier molecular flexibility index (Phi) is 6.32. The summed E-state index contributed by atoms with van der Waals surface area (Å²) < 4.78 is 0. The van der Waals surface area contributed by atoms with Crippen molar-refractivity contribution in [1.29, 1.82) is 0 Å². The molecular weight excluding hydrogens is 290 g/mol. The van der Waals surface area contributed by atoms with Gasteiger partial charge in [0.1, 0.15) is 0 Å². The summed E-state index contributed by atoms with van der Waals surface area (Å²) in [7, 11) is 0. The fourth-order valence-electron chi connectivity index (χ4n) is 2.49. The molecule has 0 unspecified atom stereocenters. The summed E-state index contributed by atoms with van der Waals surface area (Å²) in [6.07, 6.45) is 1.90. The minimum absolute atomic E-state index is 0.386. The number of benzene rings is 2. The number of urea groups is 1. The maximum atomic E-state index is 12.2. The molecule has 120 valence electrons. The van der Waals surface area contributed by atoms with Crippen LogP contribution in [0.3, 0.4) is 0 Å². The number of imide groups is 1. The number of hydrogen-bond acceptors (Lipinski definition) is 2. The van der Waals surface area contributed by atoms with E-state index in [0.29, 0.717) is 0 Å². The van der Waals surface area contributed by atoms with E-state index < -0.39 is 12.1 Å². The van der Waals surface area contributed by atoms with Gasteiger partial charge in [-0.1, -0.05) is 60.7 Å². The van der Waals surface area contributed by atoms with Gasteiger partial charge < -0.3 is 11.1 Å². The summed E-state index contributed by atoms with van der Waals surface area (Å²) in [4.78, 5) is 23.1. The van der Waals surface area contributed by atoms with Gasteiger partial charge in [-0.3, -0.25) is 10.1 Å². The Bertz CT molecular complexity index is 629. The monoisotopic (exact) mass is 312 g/mol. The average molecular weight is 312 g/mol. The van der Waals surface area contributed by atoms with Crippen LogP contribution in [0.1, 0.15) is 23.6 Å². The molecule has 0 aliphatic heterocycles. The number of nitrogens with one attached hydrogen (secondary N) is 1. The van der Waals surface area contributed by atoms with Crippen LogP contribution in [0.2, 0.25) is 0 Å². The van der Waals surface area contributed by atoms with E-state index in [4.69, 9.17) is 5.73 Å². The fourth-order valence-corrected chi connectivity index (χ4v) is 2.49. The van der Waals surface area contributed by atoms with Crippen molar-refractivity contribution >= 4 is 11.9 Å². The molecule has 3 amide bonds. The van der Waals surface area contributed by atoms with Gasteiger partial charge in [0.15, 0.2) is 6.04 Å². The first-order valence-electron chi connectivity index (χ1n) is 7.69. The molecule has 5 heteroatoms. The maximum absolute atomic E-state index is 12.2. The van der Waals surface area contributed by atoms with E-state index >= 15 is 0 Å². The van der Waals surface area contributed by atoms with Crippen molar-refractivity contribution in [3.8, 4) is 0 Å². The molecule has 0 saturated carbocycles. The summed E-state index contributed by atoms with van der Waals surface area (Å²) in [6.45, 7) is 0.778. The summed E-state index contributed by atoms with van der Waals surface area (Å²) in [5.74, 6) is -0.386. The second kappa shape index (κ2) is 8.70. The molecule has 0 heterocycles. The smallest absolute Gasteiger partial charge is 0.319 e. The van der Waals surface area contributed by atoms with Crippen molar-refractivity contribution in [3.63, 3.8) is 0 Å². The third-order valence-corrected chi connectivity index (χ3v) is 3.60. The number of aryl methyl sites for hydroxylation is 1. The van der Waals surface area contributed by atoms with Crippen molar-refractivity contribution in [2.24, 2.45) is 5.73 Å². The minimum Gasteiger partial charge on any atom is -0.351 e. The van der Waals surface area contributed by atoms with Crippen LogP contribution in [0.15, 0.2) is 60.7 Å². The van der Waals surface area contributed by atoms with Crippen molar-refractivity contribution in [2.45, 2.75) is 18.9 Å². The van der Waals surface area contributed by atoms with Crippen molar-refractivity contribution < 1.29 is 14.9 Å². The average Bonchev–Trinajstić information content (AvgIpc) is 2.56. The number of amides is 3. The van der Waals surface area contributed by atoms with Gasteiger partial charge in [-0.15, -0.1) is 0 Å². The van der Waals surface area contributed by atoms with Crippen LogP contribution in [-0.4, -0.2) is 18.5 Å². The molecule has 23 heavy (non-hydrogen) atoms. The molecule has 5 nitrogen and oxygen atoms in total. The number of quaternary nitrogens is 1. The molecule has 1 atom stereocenters. The molecule has 0 spiro atoms. The van der Waals surface area contributed by atoms with Gasteiger partial charge in [0, 0.05) is 12.0 Å². The zero-order valence-electron chi connectivity index (χ0n) is 12.9. The highest BCUT2D eigenvalue weighted by Crippen LogP contribution is 2.08. The van der Waals surface area contributed by atoms with Gasteiger partial charge in [0.2, 0.25) is 0 Å². The molecule has 0 aromatic heterocycles. The zero-order valence-corrected chi connectivity index (χ0v) is 12.9. The summed E-state index contributed by atoms with van der Waals surface area (Å²) in [5, 5.41) is 4.11. The first-order valence-corrected chi connectivity index (χ1v) is 7.69. The van der Waals surface area contributed by atoms with E-state index in [1.54, 1.807) is 0 Å². The number of carbonyl (C=O) groups excluding carboxylic acids is 2. The Morgan fingerprint density at radius 1 is 1.00 bits per heavy atom. The van der Waals surface area contributed by atoms with Gasteiger partial charge in [0.05, 0.1) is 6.54 Å². The van der Waals surface area contributed by atoms with Crippen LogP contribution >= 0.6 is 0 Å². The molecule has 0 bridgehead atoms. The van der Waals surface area contributed by atoms with Gasteiger partial charge in [0.25, 0.3) is 5.91 Å². The van der Waals surface area contributed by atoms with Gasteiger partial charge in [-0.05, 0) is 12.0 Å². The van der Waals surface area contributed by atoms with E-state index in [1.165, 1.54) is 5.56 Å².